The number of hydrogen-bond acceptors (Lipinski definition) is 4. The van der Waals surface area contributed by atoms with Crippen molar-refractivity contribution < 1.29 is 4.79 Å². The molecule has 0 atom stereocenters. The summed E-state index contributed by atoms with van der Waals surface area (Å²) in [6, 6.07) is 9.76. The van der Waals surface area contributed by atoms with Crippen molar-refractivity contribution in [2.45, 2.75) is 6.42 Å². The number of rotatable bonds is 3. The van der Waals surface area contributed by atoms with Gasteiger partial charge in [0.2, 0.25) is 5.91 Å². The summed E-state index contributed by atoms with van der Waals surface area (Å²) in [4.78, 5) is 12.9. The van der Waals surface area contributed by atoms with Crippen LogP contribution < -0.4 is 5.32 Å². The number of aromatic nitrogens is 1. The predicted molar refractivity (Wildman–Crippen MR) is 76.3 cm³/mol. The zero-order chi connectivity index (χ0) is 12.4. The maximum Gasteiger partial charge on any atom is 0.229 e. The van der Waals surface area contributed by atoms with Gasteiger partial charge in [0.1, 0.15) is 0 Å². The van der Waals surface area contributed by atoms with Crippen molar-refractivity contribution in [2.75, 3.05) is 5.32 Å². The van der Waals surface area contributed by atoms with Crippen LogP contribution in [0.4, 0.5) is 5.69 Å². The third kappa shape index (κ3) is 2.42. The highest BCUT2D eigenvalue weighted by Crippen LogP contribution is 2.22. The third-order valence-corrected chi connectivity index (χ3v) is 4.21. The molecule has 1 N–H and O–H groups in total. The van der Waals surface area contributed by atoms with Gasteiger partial charge in [-0.05, 0) is 41.2 Å². The van der Waals surface area contributed by atoms with Gasteiger partial charge in [0.15, 0.2) is 0 Å². The van der Waals surface area contributed by atoms with E-state index in [0.29, 0.717) is 6.42 Å². The lowest BCUT2D eigenvalue weighted by Gasteiger charge is -2.04. The van der Waals surface area contributed by atoms with Crippen LogP contribution in [0.5, 0.6) is 0 Å². The number of nitrogens with one attached hydrogen (secondary N) is 1. The second-order valence-corrected chi connectivity index (χ2v) is 5.75. The Morgan fingerprint density at radius 2 is 2.28 bits per heavy atom. The second kappa shape index (κ2) is 4.88. The summed E-state index contributed by atoms with van der Waals surface area (Å²) in [7, 11) is 0. The SMILES string of the molecule is O=C(Cc1cccs1)Nc1ccc2sncc2c1. The fourth-order valence-corrected chi connectivity index (χ4v) is 3.06. The standard InChI is InChI=1S/C13H10N2OS2/c16-13(7-11-2-1-5-17-11)15-10-3-4-12-9(6-10)8-14-18-12/h1-6,8H,7H2,(H,15,16). The van der Waals surface area contributed by atoms with Crippen LogP contribution in [0.1, 0.15) is 4.88 Å². The van der Waals surface area contributed by atoms with Crippen LogP contribution in [0.15, 0.2) is 41.9 Å². The van der Waals surface area contributed by atoms with Gasteiger partial charge in [0.05, 0.1) is 11.1 Å². The van der Waals surface area contributed by atoms with E-state index in [0.717, 1.165) is 20.7 Å². The first-order valence-corrected chi connectivity index (χ1v) is 7.13. The molecule has 0 radical (unpaired) electrons. The molecule has 1 amide bonds. The molecule has 90 valence electrons. The van der Waals surface area contributed by atoms with Crippen molar-refractivity contribution in [3.8, 4) is 0 Å². The molecule has 2 aromatic heterocycles. The van der Waals surface area contributed by atoms with Gasteiger partial charge in [0, 0.05) is 22.1 Å². The van der Waals surface area contributed by atoms with Gasteiger partial charge in [-0.15, -0.1) is 11.3 Å². The number of anilines is 1. The molecule has 18 heavy (non-hydrogen) atoms. The highest BCUT2D eigenvalue weighted by Gasteiger charge is 2.05. The second-order valence-electron chi connectivity index (χ2n) is 3.88. The van der Waals surface area contributed by atoms with Crippen molar-refractivity contribution in [2.24, 2.45) is 0 Å². The highest BCUT2D eigenvalue weighted by atomic mass is 32.1. The van der Waals surface area contributed by atoms with E-state index in [4.69, 9.17) is 0 Å². The molecule has 0 aliphatic rings. The molecule has 0 aliphatic carbocycles. The monoisotopic (exact) mass is 274 g/mol. The molecule has 0 saturated carbocycles. The first-order chi connectivity index (χ1) is 8.81. The molecule has 0 fully saturated rings. The maximum absolute atomic E-state index is 11.8. The number of carbonyl (C=O) groups is 1. The largest absolute Gasteiger partial charge is 0.326 e. The number of carbonyl (C=O) groups excluding carboxylic acids is 1. The van der Waals surface area contributed by atoms with E-state index in [1.807, 2.05) is 41.9 Å². The summed E-state index contributed by atoms with van der Waals surface area (Å²) in [5, 5.41) is 5.95. The van der Waals surface area contributed by atoms with Gasteiger partial charge in [0.25, 0.3) is 0 Å². The molecule has 0 unspecified atom stereocenters. The lowest BCUT2D eigenvalue weighted by atomic mass is 10.2. The normalized spacial score (nSPS) is 10.7. The fourth-order valence-electron chi connectivity index (χ4n) is 1.73. The summed E-state index contributed by atoms with van der Waals surface area (Å²) >= 11 is 3.05. The molecule has 2 heterocycles. The number of nitrogens with zero attached hydrogens (tertiary/aromatic N) is 1. The van der Waals surface area contributed by atoms with E-state index in [9.17, 15) is 4.79 Å². The number of hydrogen-bond donors (Lipinski definition) is 1. The van der Waals surface area contributed by atoms with Crippen LogP contribution in [0.3, 0.4) is 0 Å². The summed E-state index contributed by atoms with van der Waals surface area (Å²) in [6.07, 6.45) is 2.24. The minimum absolute atomic E-state index is 0.0139. The first-order valence-electron chi connectivity index (χ1n) is 5.48. The molecule has 5 heteroatoms. The summed E-state index contributed by atoms with van der Waals surface area (Å²) in [5.74, 6) is 0.0139. The van der Waals surface area contributed by atoms with Crippen LogP contribution in [-0.4, -0.2) is 10.3 Å². The van der Waals surface area contributed by atoms with Crippen molar-refractivity contribution in [1.82, 2.24) is 4.37 Å². The Morgan fingerprint density at radius 3 is 3.11 bits per heavy atom. The van der Waals surface area contributed by atoms with Gasteiger partial charge >= 0.3 is 0 Å². The van der Waals surface area contributed by atoms with E-state index in [2.05, 4.69) is 9.69 Å². The molecule has 3 rings (SSSR count). The lowest BCUT2D eigenvalue weighted by Crippen LogP contribution is -2.13. The van der Waals surface area contributed by atoms with E-state index in [1.165, 1.54) is 11.5 Å². The van der Waals surface area contributed by atoms with Crippen molar-refractivity contribution in [3.63, 3.8) is 0 Å². The van der Waals surface area contributed by atoms with Gasteiger partial charge in [-0.2, -0.15) is 4.37 Å². The Morgan fingerprint density at radius 1 is 1.33 bits per heavy atom. The molecular formula is C13H10N2OS2. The number of benzene rings is 1. The molecule has 0 spiro atoms. The topological polar surface area (TPSA) is 42.0 Å². The Hall–Kier alpha value is -1.72. The van der Waals surface area contributed by atoms with Crippen LogP contribution in [-0.2, 0) is 11.2 Å². The summed E-state index contributed by atoms with van der Waals surface area (Å²) < 4.78 is 5.24. The van der Waals surface area contributed by atoms with Gasteiger partial charge in [-0.3, -0.25) is 4.79 Å². The van der Waals surface area contributed by atoms with Gasteiger partial charge < -0.3 is 5.32 Å². The van der Waals surface area contributed by atoms with Crippen molar-refractivity contribution in [1.29, 1.82) is 0 Å². The van der Waals surface area contributed by atoms with Crippen LogP contribution in [0.25, 0.3) is 10.1 Å². The number of thiophene rings is 1. The zero-order valence-electron chi connectivity index (χ0n) is 9.42. The summed E-state index contributed by atoms with van der Waals surface area (Å²) in [5.41, 5.74) is 0.823. The average molecular weight is 274 g/mol. The molecular weight excluding hydrogens is 264 g/mol. The Labute approximate surface area is 112 Å². The van der Waals surface area contributed by atoms with E-state index >= 15 is 0 Å². The Bertz CT molecular complexity index is 673. The molecule has 1 aromatic carbocycles. The lowest BCUT2D eigenvalue weighted by molar-refractivity contribution is -0.115. The predicted octanol–water partition coefficient (Wildman–Crippen LogP) is 3.54. The number of fused-ring (bicyclic) bond motifs is 1. The smallest absolute Gasteiger partial charge is 0.229 e. The van der Waals surface area contributed by atoms with Gasteiger partial charge in [-0.25, -0.2) is 0 Å². The molecule has 3 nitrogen and oxygen atoms in total. The van der Waals surface area contributed by atoms with Crippen molar-refractivity contribution in [3.05, 3.63) is 46.8 Å². The van der Waals surface area contributed by atoms with Crippen molar-refractivity contribution >= 4 is 44.5 Å². The maximum atomic E-state index is 11.8. The third-order valence-electron chi connectivity index (χ3n) is 2.55. The van der Waals surface area contributed by atoms with Crippen LogP contribution in [0, 0.1) is 0 Å². The average Bonchev–Trinajstić information content (AvgIpc) is 2.98. The van der Waals surface area contributed by atoms with Crippen LogP contribution >= 0.6 is 22.9 Å². The molecule has 0 aliphatic heterocycles. The minimum atomic E-state index is 0.0139. The van der Waals surface area contributed by atoms with E-state index in [1.54, 1.807) is 11.3 Å². The Balaban J connectivity index is 1.73. The molecule has 3 aromatic rings. The number of amides is 1. The molecule has 0 bridgehead atoms. The first kappa shape index (κ1) is 11.4. The fraction of sp³-hybridized carbons (Fsp3) is 0.0769. The quantitative estimate of drug-likeness (QED) is 0.793. The van der Waals surface area contributed by atoms with Crippen LogP contribution in [0.2, 0.25) is 0 Å². The van der Waals surface area contributed by atoms with E-state index in [-0.39, 0.29) is 5.91 Å². The zero-order valence-corrected chi connectivity index (χ0v) is 11.1. The Kier molecular flexibility index (Phi) is 3.08. The minimum Gasteiger partial charge on any atom is -0.326 e. The summed E-state index contributed by atoms with van der Waals surface area (Å²) in [6.45, 7) is 0. The molecule has 0 saturated heterocycles. The highest BCUT2D eigenvalue weighted by molar-refractivity contribution is 7.13. The van der Waals surface area contributed by atoms with Gasteiger partial charge in [-0.1, -0.05) is 6.07 Å². The van der Waals surface area contributed by atoms with E-state index < -0.39 is 0 Å².